The Hall–Kier alpha value is -2.64. The van der Waals surface area contributed by atoms with Crippen molar-refractivity contribution < 1.29 is 4.52 Å². The number of halogens is 1. The number of hydrogen-bond acceptors (Lipinski definition) is 6. The van der Waals surface area contributed by atoms with E-state index in [4.69, 9.17) is 16.1 Å². The second kappa shape index (κ2) is 8.39. The predicted octanol–water partition coefficient (Wildman–Crippen LogP) is 5.69. The largest absolute Gasteiger partial charge is 0.338 e. The van der Waals surface area contributed by atoms with Gasteiger partial charge in [-0.2, -0.15) is 4.98 Å². The Morgan fingerprint density at radius 2 is 1.86 bits per heavy atom. The van der Waals surface area contributed by atoms with Crippen LogP contribution in [-0.4, -0.2) is 24.9 Å². The van der Waals surface area contributed by atoms with Gasteiger partial charge in [0.15, 0.2) is 16.8 Å². The van der Waals surface area contributed by atoms with Gasteiger partial charge in [-0.05, 0) is 49.7 Å². The quantitative estimate of drug-likeness (QED) is 0.369. The molecule has 2 aromatic heterocycles. The SMILES string of the molecule is CCc1noc(C(C)Sc2nnc(-c3ccc(Cl)cc3)n2-c2ccccc2C)n1. The monoisotopic (exact) mass is 425 g/mol. The van der Waals surface area contributed by atoms with Crippen molar-refractivity contribution in [2.45, 2.75) is 37.6 Å². The highest BCUT2D eigenvalue weighted by atomic mass is 35.5. The molecule has 148 valence electrons. The Balaban J connectivity index is 1.77. The molecule has 4 rings (SSSR count). The third-order valence-corrected chi connectivity index (χ3v) is 5.80. The van der Waals surface area contributed by atoms with Crippen LogP contribution in [0, 0.1) is 6.92 Å². The Labute approximate surface area is 178 Å². The summed E-state index contributed by atoms with van der Waals surface area (Å²) < 4.78 is 7.48. The maximum atomic E-state index is 6.07. The lowest BCUT2D eigenvalue weighted by Crippen LogP contribution is -2.03. The van der Waals surface area contributed by atoms with E-state index in [9.17, 15) is 0 Å². The van der Waals surface area contributed by atoms with E-state index in [1.165, 1.54) is 11.8 Å². The van der Waals surface area contributed by atoms with Crippen LogP contribution in [0.3, 0.4) is 0 Å². The average Bonchev–Trinajstić information content (AvgIpc) is 3.36. The molecule has 8 heteroatoms. The van der Waals surface area contributed by atoms with Gasteiger partial charge in [0.25, 0.3) is 0 Å². The molecule has 0 radical (unpaired) electrons. The standard InChI is InChI=1S/C21H20ClN5OS/c1-4-18-23-20(28-26-18)14(3)29-21-25-24-19(15-9-11-16(22)12-10-15)27(21)17-8-6-5-7-13(17)2/h5-12,14H,4H2,1-3H3. The molecule has 0 fully saturated rings. The van der Waals surface area contributed by atoms with Crippen molar-refractivity contribution in [2.75, 3.05) is 0 Å². The molecule has 0 spiro atoms. The van der Waals surface area contributed by atoms with Crippen LogP contribution in [0.2, 0.25) is 5.02 Å². The number of aromatic nitrogens is 5. The molecule has 0 amide bonds. The van der Waals surface area contributed by atoms with Crippen molar-refractivity contribution in [3.8, 4) is 17.1 Å². The van der Waals surface area contributed by atoms with Crippen LogP contribution < -0.4 is 0 Å². The van der Waals surface area contributed by atoms with Crippen molar-refractivity contribution >= 4 is 23.4 Å². The van der Waals surface area contributed by atoms with Crippen molar-refractivity contribution in [2.24, 2.45) is 0 Å². The van der Waals surface area contributed by atoms with Crippen molar-refractivity contribution in [3.63, 3.8) is 0 Å². The minimum Gasteiger partial charge on any atom is -0.338 e. The van der Waals surface area contributed by atoms with Gasteiger partial charge in [0.2, 0.25) is 5.89 Å². The minimum atomic E-state index is -0.0622. The van der Waals surface area contributed by atoms with E-state index in [1.54, 1.807) is 0 Å². The summed E-state index contributed by atoms with van der Waals surface area (Å²) in [5.41, 5.74) is 3.09. The predicted molar refractivity (Wildman–Crippen MR) is 114 cm³/mol. The van der Waals surface area contributed by atoms with E-state index in [0.717, 1.165) is 34.2 Å². The minimum absolute atomic E-state index is 0.0622. The Morgan fingerprint density at radius 1 is 1.10 bits per heavy atom. The number of rotatable bonds is 6. The number of hydrogen-bond donors (Lipinski definition) is 0. The van der Waals surface area contributed by atoms with Gasteiger partial charge in [-0.3, -0.25) is 4.57 Å². The van der Waals surface area contributed by atoms with Crippen molar-refractivity contribution in [1.29, 1.82) is 0 Å². The van der Waals surface area contributed by atoms with Crippen LogP contribution >= 0.6 is 23.4 Å². The summed E-state index contributed by atoms with van der Waals surface area (Å²) in [5, 5.41) is 14.3. The molecule has 0 saturated heterocycles. The average molecular weight is 426 g/mol. The molecule has 0 aliphatic carbocycles. The number of para-hydroxylation sites is 1. The number of thioether (sulfide) groups is 1. The van der Waals surface area contributed by atoms with Gasteiger partial charge in [0.1, 0.15) is 0 Å². The molecule has 0 aliphatic heterocycles. The summed E-state index contributed by atoms with van der Waals surface area (Å²) in [4.78, 5) is 4.45. The second-order valence-corrected chi connectivity index (χ2v) is 8.34. The first kappa shape index (κ1) is 19.7. The molecule has 6 nitrogen and oxygen atoms in total. The second-order valence-electron chi connectivity index (χ2n) is 6.60. The summed E-state index contributed by atoms with van der Waals surface area (Å²) >= 11 is 7.60. The van der Waals surface area contributed by atoms with Crippen LogP contribution in [0.5, 0.6) is 0 Å². The lowest BCUT2D eigenvalue weighted by atomic mass is 10.1. The fourth-order valence-electron chi connectivity index (χ4n) is 2.95. The first-order valence-corrected chi connectivity index (χ1v) is 10.6. The van der Waals surface area contributed by atoms with Gasteiger partial charge in [0.05, 0.1) is 10.9 Å². The summed E-state index contributed by atoms with van der Waals surface area (Å²) in [6, 6.07) is 15.8. The molecule has 29 heavy (non-hydrogen) atoms. The zero-order valence-electron chi connectivity index (χ0n) is 16.3. The normalized spacial score (nSPS) is 12.3. The molecule has 4 aromatic rings. The Kier molecular flexibility index (Phi) is 5.69. The van der Waals surface area contributed by atoms with Crippen molar-refractivity contribution in [3.05, 3.63) is 70.8 Å². The Morgan fingerprint density at radius 3 is 2.55 bits per heavy atom. The highest BCUT2D eigenvalue weighted by Crippen LogP contribution is 2.37. The van der Waals surface area contributed by atoms with Gasteiger partial charge in [0, 0.05) is 17.0 Å². The maximum absolute atomic E-state index is 6.07. The first-order chi connectivity index (χ1) is 14.1. The molecule has 0 bridgehead atoms. The molecular formula is C21H20ClN5OS. The number of nitrogens with zero attached hydrogens (tertiary/aromatic N) is 5. The summed E-state index contributed by atoms with van der Waals surface area (Å²) in [7, 11) is 0. The summed E-state index contributed by atoms with van der Waals surface area (Å²) in [5.74, 6) is 2.04. The van der Waals surface area contributed by atoms with E-state index >= 15 is 0 Å². The van der Waals surface area contributed by atoms with Crippen LogP contribution in [-0.2, 0) is 6.42 Å². The first-order valence-electron chi connectivity index (χ1n) is 9.33. The smallest absolute Gasteiger partial charge is 0.239 e. The third-order valence-electron chi connectivity index (χ3n) is 4.52. The molecule has 0 aliphatic rings. The fraction of sp³-hybridized carbons (Fsp3) is 0.238. The van der Waals surface area contributed by atoms with Gasteiger partial charge in [-0.25, -0.2) is 0 Å². The topological polar surface area (TPSA) is 69.6 Å². The van der Waals surface area contributed by atoms with Crippen molar-refractivity contribution in [1.82, 2.24) is 24.9 Å². The molecule has 0 N–H and O–H groups in total. The van der Waals surface area contributed by atoms with E-state index in [-0.39, 0.29) is 5.25 Å². The Bertz CT molecular complexity index is 1120. The van der Waals surface area contributed by atoms with E-state index < -0.39 is 0 Å². The zero-order chi connectivity index (χ0) is 20.4. The van der Waals surface area contributed by atoms with Gasteiger partial charge >= 0.3 is 0 Å². The number of benzene rings is 2. The van der Waals surface area contributed by atoms with Crippen LogP contribution in [0.4, 0.5) is 0 Å². The lowest BCUT2D eigenvalue weighted by Gasteiger charge is -2.14. The molecule has 1 unspecified atom stereocenters. The molecule has 1 atom stereocenters. The summed E-state index contributed by atoms with van der Waals surface area (Å²) in [6.45, 7) is 6.10. The third kappa shape index (κ3) is 4.06. The lowest BCUT2D eigenvalue weighted by molar-refractivity contribution is 0.375. The van der Waals surface area contributed by atoms with Crippen LogP contribution in [0.25, 0.3) is 17.1 Å². The highest BCUT2D eigenvalue weighted by Gasteiger charge is 2.22. The molecule has 2 aromatic carbocycles. The molecular weight excluding hydrogens is 406 g/mol. The van der Waals surface area contributed by atoms with Crippen LogP contribution in [0.15, 0.2) is 58.2 Å². The molecule has 0 saturated carbocycles. The van der Waals surface area contributed by atoms with E-state index in [1.807, 2.05) is 50.2 Å². The zero-order valence-corrected chi connectivity index (χ0v) is 17.9. The van der Waals surface area contributed by atoms with Gasteiger partial charge in [-0.15, -0.1) is 10.2 Å². The van der Waals surface area contributed by atoms with E-state index in [2.05, 4.69) is 44.0 Å². The summed E-state index contributed by atoms with van der Waals surface area (Å²) in [6.07, 6.45) is 0.737. The van der Waals surface area contributed by atoms with Gasteiger partial charge < -0.3 is 4.52 Å². The highest BCUT2D eigenvalue weighted by molar-refractivity contribution is 7.99. The maximum Gasteiger partial charge on any atom is 0.239 e. The van der Waals surface area contributed by atoms with E-state index in [0.29, 0.717) is 16.7 Å². The molecule has 2 heterocycles. The van der Waals surface area contributed by atoms with Gasteiger partial charge in [-0.1, -0.05) is 53.6 Å². The fourth-order valence-corrected chi connectivity index (χ4v) is 3.97. The van der Waals surface area contributed by atoms with Crippen LogP contribution in [0.1, 0.15) is 36.4 Å². The number of aryl methyl sites for hydroxylation is 2.